The van der Waals surface area contributed by atoms with Gasteiger partial charge in [-0.2, -0.15) is 0 Å². The van der Waals surface area contributed by atoms with E-state index in [0.717, 1.165) is 13.1 Å². The first-order valence-electron chi connectivity index (χ1n) is 6.14. The Hall–Kier alpha value is -2.16. The zero-order chi connectivity index (χ0) is 13.0. The van der Waals surface area contributed by atoms with Crippen LogP contribution in [0.5, 0.6) is 0 Å². The largest absolute Gasteiger partial charge is 0.397 e. The van der Waals surface area contributed by atoms with Crippen molar-refractivity contribution >= 4 is 17.1 Å². The summed E-state index contributed by atoms with van der Waals surface area (Å²) in [6, 6.07) is 16.2. The SMILES string of the molecule is CCN(Cc1ccc(N)c(N)c1)c1ccccc1. The van der Waals surface area contributed by atoms with Crippen LogP contribution in [0, 0.1) is 0 Å². The number of hydrogen-bond acceptors (Lipinski definition) is 3. The Kier molecular flexibility index (Phi) is 3.72. The van der Waals surface area contributed by atoms with Crippen LogP contribution in [0.25, 0.3) is 0 Å². The molecule has 94 valence electrons. The fourth-order valence-corrected chi connectivity index (χ4v) is 1.97. The highest BCUT2D eigenvalue weighted by molar-refractivity contribution is 5.64. The third-order valence-corrected chi connectivity index (χ3v) is 3.03. The first-order chi connectivity index (χ1) is 8.70. The lowest BCUT2D eigenvalue weighted by Crippen LogP contribution is -2.21. The smallest absolute Gasteiger partial charge is 0.0551 e. The molecule has 18 heavy (non-hydrogen) atoms. The third kappa shape index (κ3) is 2.74. The van der Waals surface area contributed by atoms with Crippen molar-refractivity contribution in [1.82, 2.24) is 0 Å². The van der Waals surface area contributed by atoms with Crippen molar-refractivity contribution in [2.75, 3.05) is 22.9 Å². The van der Waals surface area contributed by atoms with E-state index in [-0.39, 0.29) is 0 Å². The van der Waals surface area contributed by atoms with Gasteiger partial charge in [0.15, 0.2) is 0 Å². The topological polar surface area (TPSA) is 55.3 Å². The minimum Gasteiger partial charge on any atom is -0.397 e. The van der Waals surface area contributed by atoms with E-state index in [9.17, 15) is 0 Å². The Morgan fingerprint density at radius 1 is 0.944 bits per heavy atom. The van der Waals surface area contributed by atoms with Crippen molar-refractivity contribution in [3.05, 3.63) is 54.1 Å². The van der Waals surface area contributed by atoms with Crippen LogP contribution in [0.15, 0.2) is 48.5 Å². The second kappa shape index (κ2) is 5.45. The number of rotatable bonds is 4. The Morgan fingerprint density at radius 2 is 1.67 bits per heavy atom. The van der Waals surface area contributed by atoms with E-state index in [1.165, 1.54) is 11.3 Å². The molecule has 0 heterocycles. The van der Waals surface area contributed by atoms with Crippen molar-refractivity contribution in [2.24, 2.45) is 0 Å². The Balaban J connectivity index is 2.18. The molecule has 2 aromatic rings. The highest BCUT2D eigenvalue weighted by Gasteiger charge is 2.05. The number of para-hydroxylation sites is 1. The predicted molar refractivity (Wildman–Crippen MR) is 78.4 cm³/mol. The summed E-state index contributed by atoms with van der Waals surface area (Å²) in [6.45, 7) is 3.94. The van der Waals surface area contributed by atoms with Gasteiger partial charge in [-0.25, -0.2) is 0 Å². The first kappa shape index (κ1) is 12.3. The third-order valence-electron chi connectivity index (χ3n) is 3.03. The fraction of sp³-hybridized carbons (Fsp3) is 0.200. The van der Waals surface area contributed by atoms with Crippen LogP contribution in [0.3, 0.4) is 0 Å². The molecule has 2 aromatic carbocycles. The molecule has 3 heteroatoms. The Bertz CT molecular complexity index is 508. The van der Waals surface area contributed by atoms with E-state index >= 15 is 0 Å². The highest BCUT2D eigenvalue weighted by atomic mass is 15.1. The van der Waals surface area contributed by atoms with Crippen LogP contribution in [-0.4, -0.2) is 6.54 Å². The first-order valence-corrected chi connectivity index (χ1v) is 6.14. The van der Waals surface area contributed by atoms with Gasteiger partial charge >= 0.3 is 0 Å². The van der Waals surface area contributed by atoms with Gasteiger partial charge in [-0.05, 0) is 36.8 Å². The summed E-state index contributed by atoms with van der Waals surface area (Å²) in [6.07, 6.45) is 0. The van der Waals surface area contributed by atoms with Gasteiger partial charge in [0.1, 0.15) is 0 Å². The molecule has 0 bridgehead atoms. The van der Waals surface area contributed by atoms with E-state index in [0.29, 0.717) is 11.4 Å². The summed E-state index contributed by atoms with van der Waals surface area (Å²) in [5.41, 5.74) is 15.2. The molecule has 0 fully saturated rings. The van der Waals surface area contributed by atoms with Gasteiger partial charge in [-0.3, -0.25) is 0 Å². The standard InChI is InChI=1S/C15H19N3/c1-2-18(13-6-4-3-5-7-13)11-12-8-9-14(16)15(17)10-12/h3-10H,2,11,16-17H2,1H3. The number of hydrogen-bond donors (Lipinski definition) is 2. The van der Waals surface area contributed by atoms with Crippen LogP contribution in [-0.2, 0) is 6.54 Å². The summed E-state index contributed by atoms with van der Waals surface area (Å²) >= 11 is 0. The fourth-order valence-electron chi connectivity index (χ4n) is 1.97. The van der Waals surface area contributed by atoms with Crippen LogP contribution < -0.4 is 16.4 Å². The normalized spacial score (nSPS) is 10.3. The van der Waals surface area contributed by atoms with Crippen LogP contribution in [0.1, 0.15) is 12.5 Å². The lowest BCUT2D eigenvalue weighted by molar-refractivity contribution is 0.832. The second-order valence-electron chi connectivity index (χ2n) is 4.31. The van der Waals surface area contributed by atoms with Gasteiger partial charge in [0, 0.05) is 18.8 Å². The Labute approximate surface area is 108 Å². The summed E-state index contributed by atoms with van der Waals surface area (Å²) in [5.74, 6) is 0. The van der Waals surface area contributed by atoms with Crippen molar-refractivity contribution in [1.29, 1.82) is 0 Å². The van der Waals surface area contributed by atoms with Crippen LogP contribution in [0.2, 0.25) is 0 Å². The summed E-state index contributed by atoms with van der Waals surface area (Å²) < 4.78 is 0. The monoisotopic (exact) mass is 241 g/mol. The van der Waals surface area contributed by atoms with Crippen molar-refractivity contribution in [3.8, 4) is 0 Å². The molecule has 3 nitrogen and oxygen atoms in total. The maximum Gasteiger partial charge on any atom is 0.0551 e. The average molecular weight is 241 g/mol. The van der Waals surface area contributed by atoms with E-state index in [4.69, 9.17) is 11.5 Å². The molecule has 0 aliphatic heterocycles. The predicted octanol–water partition coefficient (Wildman–Crippen LogP) is 2.88. The molecule has 0 aromatic heterocycles. The molecule has 0 amide bonds. The van der Waals surface area contributed by atoms with E-state index < -0.39 is 0 Å². The van der Waals surface area contributed by atoms with Crippen molar-refractivity contribution in [3.63, 3.8) is 0 Å². The van der Waals surface area contributed by atoms with E-state index in [1.807, 2.05) is 24.3 Å². The second-order valence-corrected chi connectivity index (χ2v) is 4.31. The molecular weight excluding hydrogens is 222 g/mol. The lowest BCUT2D eigenvalue weighted by Gasteiger charge is -2.23. The Morgan fingerprint density at radius 3 is 2.28 bits per heavy atom. The van der Waals surface area contributed by atoms with Gasteiger partial charge < -0.3 is 16.4 Å². The highest BCUT2D eigenvalue weighted by Crippen LogP contribution is 2.20. The van der Waals surface area contributed by atoms with Crippen molar-refractivity contribution < 1.29 is 0 Å². The molecule has 0 saturated carbocycles. The molecule has 0 spiro atoms. The quantitative estimate of drug-likeness (QED) is 0.809. The number of nitrogen functional groups attached to an aromatic ring is 2. The van der Waals surface area contributed by atoms with Gasteiger partial charge in [-0.1, -0.05) is 24.3 Å². The molecule has 0 saturated heterocycles. The number of benzene rings is 2. The molecule has 0 aliphatic rings. The molecule has 0 unspecified atom stereocenters. The molecular formula is C15H19N3. The zero-order valence-corrected chi connectivity index (χ0v) is 10.6. The molecule has 0 atom stereocenters. The van der Waals surface area contributed by atoms with Gasteiger partial charge in [0.2, 0.25) is 0 Å². The van der Waals surface area contributed by atoms with Crippen molar-refractivity contribution in [2.45, 2.75) is 13.5 Å². The number of anilines is 3. The maximum atomic E-state index is 5.83. The van der Waals surface area contributed by atoms with E-state index in [2.05, 4.69) is 36.1 Å². The lowest BCUT2D eigenvalue weighted by atomic mass is 10.1. The average Bonchev–Trinajstić information content (AvgIpc) is 2.41. The molecule has 4 N–H and O–H groups in total. The van der Waals surface area contributed by atoms with Crippen LogP contribution in [0.4, 0.5) is 17.1 Å². The summed E-state index contributed by atoms with van der Waals surface area (Å²) in [5, 5.41) is 0. The maximum absolute atomic E-state index is 5.83. The van der Waals surface area contributed by atoms with E-state index in [1.54, 1.807) is 0 Å². The summed E-state index contributed by atoms with van der Waals surface area (Å²) in [4.78, 5) is 2.30. The number of nitrogens with two attached hydrogens (primary N) is 2. The molecule has 0 aliphatic carbocycles. The summed E-state index contributed by atoms with van der Waals surface area (Å²) in [7, 11) is 0. The van der Waals surface area contributed by atoms with Crippen LogP contribution >= 0.6 is 0 Å². The minimum atomic E-state index is 0.640. The van der Waals surface area contributed by atoms with Gasteiger partial charge in [-0.15, -0.1) is 0 Å². The molecule has 2 rings (SSSR count). The van der Waals surface area contributed by atoms with Gasteiger partial charge in [0.25, 0.3) is 0 Å². The zero-order valence-electron chi connectivity index (χ0n) is 10.6. The van der Waals surface area contributed by atoms with Gasteiger partial charge in [0.05, 0.1) is 11.4 Å². The molecule has 0 radical (unpaired) electrons. The number of nitrogens with zero attached hydrogens (tertiary/aromatic N) is 1. The minimum absolute atomic E-state index is 0.640.